The summed E-state index contributed by atoms with van der Waals surface area (Å²) in [6.07, 6.45) is 2.10. The van der Waals surface area contributed by atoms with Crippen LogP contribution in [-0.4, -0.2) is 27.4 Å². The lowest BCUT2D eigenvalue weighted by Gasteiger charge is -2.24. The quantitative estimate of drug-likeness (QED) is 0.168. The Morgan fingerprint density at radius 3 is 0.808 bits per heavy atom. The molecule has 6 heteroatoms. The second kappa shape index (κ2) is 28.0. The summed E-state index contributed by atoms with van der Waals surface area (Å²) >= 11 is 0. The standard InChI is InChI=1S/2C34H28N2.2C23H21N/c1-34(2,3)23-18-19-29-27(22-23)33-31(36(29)25-14-8-5-9-15-25)21-20-30-32(33)26-16-10-11-17-28(26)35(30)24-12-6-4-7-13-24;1-34(2,3)23-17-19-25(20-18-23)36-29-16-10-8-14-27(29)33-31(36)22-21-30-32(33)26-13-7-9-15-28(26)35(30)24-11-5-4-6-12-24;2*1-23(2,3)24-19-11-7-6-10-18(19)22-20(24)13-12-16-14-15-8-4-5-9-17(15)21(16)22/h2*4-22H,1-3H3;2*4-13H,14H2,1-3H3. The highest BCUT2D eigenvalue weighted by Crippen LogP contribution is 2.51. The average Bonchev–Trinajstić information content (AvgIpc) is 1.53. The topological polar surface area (TPSA) is 29.6 Å². The highest BCUT2D eigenvalue weighted by atomic mass is 15.1. The van der Waals surface area contributed by atoms with Gasteiger partial charge >= 0.3 is 0 Å². The molecule has 0 unspecified atom stereocenters. The maximum absolute atomic E-state index is 2.50. The van der Waals surface area contributed by atoms with E-state index in [2.05, 4.69) is 462 Å². The fourth-order valence-electron chi connectivity index (χ4n) is 20.3. The average molecular weight is 1550 g/mol. The second-order valence-electron chi connectivity index (χ2n) is 37.1. The third-order valence-corrected chi connectivity index (χ3v) is 25.5. The Bertz CT molecular complexity index is 7650. The van der Waals surface area contributed by atoms with Crippen LogP contribution in [0.1, 0.15) is 116 Å². The first-order chi connectivity index (χ1) is 58.2. The van der Waals surface area contributed by atoms with E-state index in [1.807, 2.05) is 0 Å². The Kier molecular flexibility index (Phi) is 17.2. The molecule has 2 aliphatic rings. The van der Waals surface area contributed by atoms with Gasteiger partial charge in [-0.2, -0.15) is 0 Å². The van der Waals surface area contributed by atoms with Crippen molar-refractivity contribution in [3.05, 3.63) is 385 Å². The van der Waals surface area contributed by atoms with Gasteiger partial charge in [-0.25, -0.2) is 0 Å². The van der Waals surface area contributed by atoms with Crippen molar-refractivity contribution in [2.45, 2.75) is 118 Å². The highest BCUT2D eigenvalue weighted by molar-refractivity contribution is 6.31. The molecule has 0 radical (unpaired) electrons. The molecule has 0 saturated heterocycles. The van der Waals surface area contributed by atoms with Gasteiger partial charge in [-0.15, -0.1) is 0 Å². The van der Waals surface area contributed by atoms with E-state index in [4.69, 9.17) is 0 Å². The number of para-hydroxylation sites is 8. The van der Waals surface area contributed by atoms with E-state index in [1.54, 1.807) is 0 Å². The molecule has 0 spiro atoms. The summed E-state index contributed by atoms with van der Waals surface area (Å²) in [5, 5.41) is 16.0. The Balaban J connectivity index is 0.000000101. The maximum atomic E-state index is 2.50. The lowest BCUT2D eigenvalue weighted by atomic mass is 9.86. The zero-order valence-electron chi connectivity index (χ0n) is 70.6. The van der Waals surface area contributed by atoms with E-state index in [9.17, 15) is 0 Å². The summed E-state index contributed by atoms with van der Waals surface area (Å²) in [5.41, 5.74) is 34.5. The molecule has 6 aromatic heterocycles. The molecule has 22 aromatic rings. The third kappa shape index (κ3) is 11.9. The first-order valence-corrected chi connectivity index (χ1v) is 42.7. The normalized spacial score (nSPS) is 12.8. The smallest absolute Gasteiger partial charge is 0.0548 e. The number of nitrogens with zero attached hydrogens (tertiary/aromatic N) is 6. The predicted octanol–water partition coefficient (Wildman–Crippen LogP) is 30.6. The monoisotopic (exact) mass is 1550 g/mol. The van der Waals surface area contributed by atoms with Crippen LogP contribution in [0.15, 0.2) is 352 Å². The van der Waals surface area contributed by atoms with Crippen LogP contribution in [0.2, 0.25) is 0 Å². The molecule has 0 atom stereocenters. The first kappa shape index (κ1) is 73.9. The van der Waals surface area contributed by atoms with Crippen LogP contribution in [-0.2, 0) is 34.7 Å². The Labute approximate surface area is 701 Å². The molecule has 6 heterocycles. The zero-order valence-corrected chi connectivity index (χ0v) is 70.6. The number of fused-ring (bicyclic) bond motifs is 28. The molecule has 0 saturated carbocycles. The van der Waals surface area contributed by atoms with Gasteiger partial charge in [0.25, 0.3) is 0 Å². The van der Waals surface area contributed by atoms with Crippen molar-refractivity contribution in [1.82, 2.24) is 27.4 Å². The van der Waals surface area contributed by atoms with Crippen LogP contribution in [0.25, 0.3) is 176 Å². The van der Waals surface area contributed by atoms with E-state index < -0.39 is 0 Å². The van der Waals surface area contributed by atoms with E-state index in [-0.39, 0.29) is 21.9 Å². The Morgan fingerprint density at radius 1 is 0.192 bits per heavy atom. The number of benzene rings is 16. The summed E-state index contributed by atoms with van der Waals surface area (Å²) in [6.45, 7) is 27.4. The predicted molar refractivity (Wildman–Crippen MR) is 513 cm³/mol. The van der Waals surface area contributed by atoms with Crippen LogP contribution in [0, 0.1) is 0 Å². The lowest BCUT2D eigenvalue weighted by Crippen LogP contribution is -2.21. The largest absolute Gasteiger partial charge is 0.335 e. The molecule has 0 aliphatic heterocycles. The summed E-state index contributed by atoms with van der Waals surface area (Å²) in [6, 6.07) is 129. The van der Waals surface area contributed by atoms with Gasteiger partial charge in [-0.05, 0) is 248 Å². The number of aromatic nitrogens is 6. The van der Waals surface area contributed by atoms with Gasteiger partial charge in [0, 0.05) is 109 Å². The van der Waals surface area contributed by atoms with E-state index in [1.165, 1.54) is 209 Å². The second-order valence-corrected chi connectivity index (χ2v) is 37.1. The van der Waals surface area contributed by atoms with Gasteiger partial charge in [0.1, 0.15) is 0 Å². The van der Waals surface area contributed by atoms with Crippen molar-refractivity contribution < 1.29 is 0 Å². The minimum absolute atomic E-state index is 0.0493. The Hall–Kier alpha value is -13.7. The molecule has 0 fully saturated rings. The first-order valence-electron chi connectivity index (χ1n) is 42.7. The molecule has 0 bridgehead atoms. The Morgan fingerprint density at radius 2 is 0.458 bits per heavy atom. The molecule has 24 rings (SSSR count). The molecule has 0 amide bonds. The van der Waals surface area contributed by atoms with E-state index >= 15 is 0 Å². The van der Waals surface area contributed by atoms with Gasteiger partial charge in [0.2, 0.25) is 0 Å². The third-order valence-electron chi connectivity index (χ3n) is 25.5. The molecule has 0 N–H and O–H groups in total. The zero-order chi connectivity index (χ0) is 81.8. The molecular weight excluding hydrogens is 1450 g/mol. The van der Waals surface area contributed by atoms with Gasteiger partial charge in [-0.1, -0.05) is 266 Å². The van der Waals surface area contributed by atoms with Gasteiger partial charge < -0.3 is 27.4 Å². The SMILES string of the molecule is CC(C)(C)c1ccc(-n2c3ccccc3c3c4c5ccccc5n(-c5ccccc5)c4ccc32)cc1.CC(C)(C)c1ccc2c(c1)c1c3c4ccccc4n(-c4ccccc4)c3ccc1n2-c1ccccc1.CC(C)(C)n1c2ccccc2c2c3c(ccc21)Cc1ccccc1-3.CC(C)(C)n1c2ccccc2c2c3c(ccc21)Cc1ccccc1-3. The summed E-state index contributed by atoms with van der Waals surface area (Å²) in [7, 11) is 0. The van der Waals surface area contributed by atoms with Gasteiger partial charge in [-0.3, -0.25) is 0 Å². The van der Waals surface area contributed by atoms with Crippen LogP contribution in [0.3, 0.4) is 0 Å². The van der Waals surface area contributed by atoms with Crippen LogP contribution in [0.4, 0.5) is 0 Å². The minimum Gasteiger partial charge on any atom is -0.335 e. The molecule has 2 aliphatic carbocycles. The van der Waals surface area contributed by atoms with Crippen molar-refractivity contribution >= 4 is 131 Å². The molecule has 120 heavy (non-hydrogen) atoms. The minimum atomic E-state index is 0.0493. The van der Waals surface area contributed by atoms with Crippen molar-refractivity contribution in [3.63, 3.8) is 0 Å². The summed E-state index contributed by atoms with van der Waals surface area (Å²) < 4.78 is 14.6. The molecule has 6 nitrogen and oxygen atoms in total. The summed E-state index contributed by atoms with van der Waals surface area (Å²) in [4.78, 5) is 0. The molecular formula is C114H98N6. The molecule has 584 valence electrons. The fourth-order valence-corrected chi connectivity index (χ4v) is 20.3. The van der Waals surface area contributed by atoms with Crippen molar-refractivity contribution in [3.8, 4) is 45.0 Å². The van der Waals surface area contributed by atoms with E-state index in [0.717, 1.165) is 12.8 Å². The molecule has 16 aromatic carbocycles. The number of rotatable bonds is 4. The van der Waals surface area contributed by atoms with Gasteiger partial charge in [0.05, 0.1) is 55.2 Å². The fraction of sp³-hybridized carbons (Fsp3) is 0.158. The highest BCUT2D eigenvalue weighted by Gasteiger charge is 2.31. The maximum Gasteiger partial charge on any atom is 0.0548 e. The van der Waals surface area contributed by atoms with Crippen molar-refractivity contribution in [1.29, 1.82) is 0 Å². The number of hydrogen-bond acceptors (Lipinski definition) is 0. The number of hydrogen-bond donors (Lipinski definition) is 0. The van der Waals surface area contributed by atoms with E-state index in [0.29, 0.717) is 0 Å². The summed E-state index contributed by atoms with van der Waals surface area (Å²) in [5.74, 6) is 0. The van der Waals surface area contributed by atoms with Crippen LogP contribution >= 0.6 is 0 Å². The van der Waals surface area contributed by atoms with Crippen LogP contribution < -0.4 is 0 Å². The van der Waals surface area contributed by atoms with Crippen LogP contribution in [0.5, 0.6) is 0 Å². The van der Waals surface area contributed by atoms with Crippen molar-refractivity contribution in [2.75, 3.05) is 0 Å². The van der Waals surface area contributed by atoms with Gasteiger partial charge in [0.15, 0.2) is 0 Å². The lowest BCUT2D eigenvalue weighted by molar-refractivity contribution is 0.423. The van der Waals surface area contributed by atoms with Crippen molar-refractivity contribution in [2.24, 2.45) is 0 Å².